The fourth-order valence-electron chi connectivity index (χ4n) is 1.79. The molecule has 0 amide bonds. The van der Waals surface area contributed by atoms with Crippen molar-refractivity contribution in [1.29, 1.82) is 0 Å². The Morgan fingerprint density at radius 2 is 1.87 bits per heavy atom. The van der Waals surface area contributed by atoms with Crippen molar-refractivity contribution in [2.24, 2.45) is 0 Å². The molecule has 0 aliphatic heterocycles. The molecule has 0 nitrogen and oxygen atoms in total. The van der Waals surface area contributed by atoms with E-state index in [9.17, 15) is 4.39 Å². The average Bonchev–Trinajstić information content (AvgIpc) is 2.14. The van der Waals surface area contributed by atoms with E-state index >= 15 is 0 Å². The van der Waals surface area contributed by atoms with Gasteiger partial charge in [0.2, 0.25) is 0 Å². The highest BCUT2D eigenvalue weighted by atomic mass is 35.5. The molecule has 0 bridgehead atoms. The van der Waals surface area contributed by atoms with Gasteiger partial charge in [0, 0.05) is 14.0 Å². The van der Waals surface area contributed by atoms with E-state index in [0.29, 0.717) is 5.88 Å². The summed E-state index contributed by atoms with van der Waals surface area (Å²) in [5.74, 6) is 0.548. The Kier molecular flexibility index (Phi) is 4.35. The van der Waals surface area contributed by atoms with Gasteiger partial charge >= 0.3 is 0 Å². The molecular weight excluding hydrogens is 227 g/mol. The fourth-order valence-corrected chi connectivity index (χ4v) is 4.09. The first-order chi connectivity index (χ1) is 6.94. The molecule has 15 heavy (non-hydrogen) atoms. The lowest BCUT2D eigenvalue weighted by Gasteiger charge is -2.23. The fraction of sp³-hybridized carbons (Fsp3) is 0.500. The van der Waals surface area contributed by atoms with Gasteiger partial charge in [-0.15, -0.1) is 11.6 Å². The number of halogens is 2. The molecule has 0 N–H and O–H groups in total. The van der Waals surface area contributed by atoms with Crippen LogP contribution >= 0.6 is 11.6 Å². The van der Waals surface area contributed by atoms with E-state index in [2.05, 4.69) is 19.6 Å². The summed E-state index contributed by atoms with van der Waals surface area (Å²) < 4.78 is 13.6. The van der Waals surface area contributed by atoms with Crippen molar-refractivity contribution in [3.63, 3.8) is 0 Å². The summed E-state index contributed by atoms with van der Waals surface area (Å²) in [5, 5.41) is 0. The lowest BCUT2D eigenvalue weighted by molar-refractivity contribution is 0.598. The first-order valence-electron chi connectivity index (χ1n) is 5.24. The lowest BCUT2D eigenvalue weighted by atomic mass is 10.0. The second-order valence-corrected chi connectivity index (χ2v) is 11.0. The first-order valence-corrected chi connectivity index (χ1v) is 9.48. The third-order valence-electron chi connectivity index (χ3n) is 2.39. The van der Waals surface area contributed by atoms with E-state index in [1.165, 1.54) is 6.07 Å². The Morgan fingerprint density at radius 1 is 1.27 bits per heavy atom. The Bertz CT molecular complexity index is 320. The van der Waals surface area contributed by atoms with Crippen molar-refractivity contribution in [3.05, 3.63) is 35.6 Å². The van der Waals surface area contributed by atoms with Gasteiger partial charge in [-0.1, -0.05) is 37.8 Å². The monoisotopic (exact) mass is 244 g/mol. The van der Waals surface area contributed by atoms with E-state index in [1.807, 2.05) is 12.1 Å². The molecule has 3 heteroatoms. The Hall–Kier alpha value is -0.343. The highest BCUT2D eigenvalue weighted by Gasteiger charge is 2.22. The van der Waals surface area contributed by atoms with E-state index in [-0.39, 0.29) is 11.7 Å². The van der Waals surface area contributed by atoms with Gasteiger partial charge in [-0.25, -0.2) is 4.39 Å². The van der Waals surface area contributed by atoms with Crippen molar-refractivity contribution in [1.82, 2.24) is 0 Å². The summed E-state index contributed by atoms with van der Waals surface area (Å²) in [4.78, 5) is 0. The Balaban J connectivity index is 2.88. The van der Waals surface area contributed by atoms with Crippen molar-refractivity contribution < 1.29 is 4.39 Å². The van der Waals surface area contributed by atoms with E-state index in [1.54, 1.807) is 6.07 Å². The van der Waals surface area contributed by atoms with Crippen LogP contribution in [0.2, 0.25) is 25.7 Å². The molecule has 84 valence electrons. The second kappa shape index (κ2) is 5.13. The van der Waals surface area contributed by atoms with Crippen LogP contribution in [0.5, 0.6) is 0 Å². The molecule has 0 aromatic heterocycles. The summed E-state index contributed by atoms with van der Waals surface area (Å²) >= 11 is 5.94. The standard InChI is InChI=1S/C12H18ClFSi/c1-15(2,3)9-10(8-13)11-6-4-5-7-12(11)14/h4-7,10H,8-9H2,1-3H3. The van der Waals surface area contributed by atoms with Gasteiger partial charge in [0.1, 0.15) is 5.82 Å². The van der Waals surface area contributed by atoms with Gasteiger partial charge in [-0.2, -0.15) is 0 Å². The number of hydrogen-bond acceptors (Lipinski definition) is 0. The molecule has 1 aromatic carbocycles. The molecule has 1 aromatic rings. The van der Waals surface area contributed by atoms with Crippen LogP contribution in [0, 0.1) is 5.82 Å². The van der Waals surface area contributed by atoms with Gasteiger partial charge < -0.3 is 0 Å². The summed E-state index contributed by atoms with van der Waals surface area (Å²) in [6.45, 7) is 6.86. The number of hydrogen-bond donors (Lipinski definition) is 0. The van der Waals surface area contributed by atoms with Gasteiger partial charge in [0.05, 0.1) is 0 Å². The number of alkyl halides is 1. The third kappa shape index (κ3) is 3.96. The molecular formula is C12H18ClFSi. The average molecular weight is 245 g/mol. The van der Waals surface area contributed by atoms with Gasteiger partial charge in [0.15, 0.2) is 0 Å². The van der Waals surface area contributed by atoms with Crippen molar-refractivity contribution in [3.8, 4) is 0 Å². The summed E-state index contributed by atoms with van der Waals surface area (Å²) in [5.41, 5.74) is 0.773. The quantitative estimate of drug-likeness (QED) is 0.541. The predicted molar refractivity (Wildman–Crippen MR) is 68.0 cm³/mol. The normalized spacial score (nSPS) is 13.9. The summed E-state index contributed by atoms with van der Waals surface area (Å²) in [6, 6.07) is 8.00. The zero-order chi connectivity index (χ0) is 11.5. The zero-order valence-corrected chi connectivity index (χ0v) is 11.3. The molecule has 0 fully saturated rings. The Morgan fingerprint density at radius 3 is 2.33 bits per heavy atom. The Labute approximate surface area is 97.5 Å². The number of rotatable bonds is 4. The van der Waals surface area contributed by atoms with Crippen molar-refractivity contribution >= 4 is 19.7 Å². The maximum absolute atomic E-state index is 13.6. The van der Waals surface area contributed by atoms with Gasteiger partial charge in [-0.05, 0) is 23.6 Å². The highest BCUT2D eigenvalue weighted by Crippen LogP contribution is 2.29. The SMILES string of the molecule is C[Si](C)(C)CC(CCl)c1ccccc1F. The van der Waals surface area contributed by atoms with Gasteiger partial charge in [0.25, 0.3) is 0 Å². The lowest BCUT2D eigenvalue weighted by Crippen LogP contribution is -2.24. The van der Waals surface area contributed by atoms with Crippen molar-refractivity contribution in [2.75, 3.05) is 5.88 Å². The first kappa shape index (κ1) is 12.7. The number of benzene rings is 1. The van der Waals surface area contributed by atoms with E-state index in [0.717, 1.165) is 11.6 Å². The van der Waals surface area contributed by atoms with Crippen LogP contribution in [0.4, 0.5) is 4.39 Å². The highest BCUT2D eigenvalue weighted by molar-refractivity contribution is 6.76. The van der Waals surface area contributed by atoms with Gasteiger partial charge in [-0.3, -0.25) is 0 Å². The topological polar surface area (TPSA) is 0 Å². The van der Waals surface area contributed by atoms with Crippen LogP contribution in [-0.4, -0.2) is 14.0 Å². The van der Waals surface area contributed by atoms with Crippen LogP contribution < -0.4 is 0 Å². The zero-order valence-electron chi connectivity index (χ0n) is 9.56. The molecule has 0 saturated carbocycles. The molecule has 0 radical (unpaired) electrons. The summed E-state index contributed by atoms with van der Waals surface area (Å²) in [7, 11) is -1.20. The molecule has 1 atom stereocenters. The molecule has 0 aliphatic rings. The molecule has 0 spiro atoms. The smallest absolute Gasteiger partial charge is 0.126 e. The van der Waals surface area contributed by atoms with Crippen LogP contribution in [0.3, 0.4) is 0 Å². The van der Waals surface area contributed by atoms with Crippen LogP contribution in [0.15, 0.2) is 24.3 Å². The minimum Gasteiger partial charge on any atom is -0.207 e. The van der Waals surface area contributed by atoms with E-state index in [4.69, 9.17) is 11.6 Å². The summed E-state index contributed by atoms with van der Waals surface area (Å²) in [6.07, 6.45) is 0. The minimum absolute atomic E-state index is 0.124. The van der Waals surface area contributed by atoms with Crippen LogP contribution in [0.1, 0.15) is 11.5 Å². The maximum atomic E-state index is 13.6. The van der Waals surface area contributed by atoms with Crippen LogP contribution in [0.25, 0.3) is 0 Å². The van der Waals surface area contributed by atoms with Crippen LogP contribution in [-0.2, 0) is 0 Å². The largest absolute Gasteiger partial charge is 0.207 e. The predicted octanol–water partition coefficient (Wildman–Crippen LogP) is 4.49. The third-order valence-corrected chi connectivity index (χ3v) is 4.48. The van der Waals surface area contributed by atoms with E-state index < -0.39 is 8.07 Å². The molecule has 0 heterocycles. The molecule has 0 aliphatic carbocycles. The molecule has 1 rings (SSSR count). The molecule has 1 unspecified atom stereocenters. The maximum Gasteiger partial charge on any atom is 0.126 e. The minimum atomic E-state index is -1.20. The molecule has 0 saturated heterocycles. The second-order valence-electron chi connectivity index (χ2n) is 5.14. The van der Waals surface area contributed by atoms with Crippen molar-refractivity contribution in [2.45, 2.75) is 31.6 Å².